The summed E-state index contributed by atoms with van der Waals surface area (Å²) in [6.45, 7) is 0.767. The number of hydrogen-bond acceptors (Lipinski definition) is 4. The van der Waals surface area contributed by atoms with E-state index < -0.39 is 10.7 Å². The summed E-state index contributed by atoms with van der Waals surface area (Å²) >= 11 is 0. The number of nitrogens with zero attached hydrogens (tertiary/aromatic N) is 2. The number of nitro benzene ring substituents is 1. The molecule has 1 aromatic carbocycles. The average Bonchev–Trinajstić information content (AvgIpc) is 2.40. The minimum atomic E-state index is -0.521. The summed E-state index contributed by atoms with van der Waals surface area (Å²) in [5, 5.41) is 14.0. The van der Waals surface area contributed by atoms with Crippen molar-refractivity contribution in [3.63, 3.8) is 0 Å². The zero-order valence-corrected chi connectivity index (χ0v) is 11.1. The van der Waals surface area contributed by atoms with Crippen LogP contribution in [0.2, 0.25) is 0 Å². The molecule has 1 aliphatic heterocycles. The first-order chi connectivity index (χ1) is 9.47. The van der Waals surface area contributed by atoms with E-state index in [4.69, 9.17) is 0 Å². The molecular formula is C13H16FN3O3. The maximum Gasteiger partial charge on any atom is 0.274 e. The second kappa shape index (κ2) is 5.96. The van der Waals surface area contributed by atoms with Crippen molar-refractivity contribution in [3.05, 3.63) is 39.7 Å². The van der Waals surface area contributed by atoms with Gasteiger partial charge in [-0.15, -0.1) is 0 Å². The third-order valence-corrected chi connectivity index (χ3v) is 3.45. The first-order valence-electron chi connectivity index (χ1n) is 6.37. The molecule has 1 fully saturated rings. The van der Waals surface area contributed by atoms with Gasteiger partial charge in [0.05, 0.1) is 4.92 Å². The van der Waals surface area contributed by atoms with Crippen molar-refractivity contribution in [3.8, 4) is 0 Å². The van der Waals surface area contributed by atoms with Crippen molar-refractivity contribution in [2.24, 2.45) is 0 Å². The molecule has 0 aromatic heterocycles. The van der Waals surface area contributed by atoms with Crippen LogP contribution in [0.15, 0.2) is 18.2 Å². The van der Waals surface area contributed by atoms with Gasteiger partial charge in [0.2, 0.25) is 5.91 Å². The van der Waals surface area contributed by atoms with Crippen LogP contribution in [0.4, 0.5) is 10.1 Å². The molecule has 1 atom stereocenters. The van der Waals surface area contributed by atoms with Gasteiger partial charge in [-0.2, -0.15) is 0 Å². The molecule has 1 saturated heterocycles. The lowest BCUT2D eigenvalue weighted by Crippen LogP contribution is -2.46. The van der Waals surface area contributed by atoms with Gasteiger partial charge in [0, 0.05) is 44.2 Å². The van der Waals surface area contributed by atoms with Crippen molar-refractivity contribution in [2.75, 3.05) is 13.6 Å². The number of amides is 1. The second-order valence-corrected chi connectivity index (χ2v) is 4.92. The largest absolute Gasteiger partial charge is 0.344 e. The molecule has 0 spiro atoms. The van der Waals surface area contributed by atoms with Crippen molar-refractivity contribution in [1.29, 1.82) is 0 Å². The number of nitrogens with one attached hydrogen (secondary N) is 1. The van der Waals surface area contributed by atoms with Gasteiger partial charge in [-0.25, -0.2) is 4.39 Å². The highest BCUT2D eigenvalue weighted by atomic mass is 19.1. The molecule has 1 amide bonds. The zero-order chi connectivity index (χ0) is 14.7. The third-order valence-electron chi connectivity index (χ3n) is 3.45. The molecule has 1 N–H and O–H groups in total. The molecule has 2 rings (SSSR count). The van der Waals surface area contributed by atoms with Crippen LogP contribution in [0.5, 0.6) is 0 Å². The van der Waals surface area contributed by atoms with E-state index >= 15 is 0 Å². The van der Waals surface area contributed by atoms with Crippen molar-refractivity contribution in [1.82, 2.24) is 10.2 Å². The number of likely N-dealkylation sites (N-methyl/N-ethyl adjacent to an activating group) is 1. The number of rotatable bonds is 4. The van der Waals surface area contributed by atoms with Crippen LogP contribution in [0.1, 0.15) is 18.4 Å². The Morgan fingerprint density at radius 1 is 1.55 bits per heavy atom. The SMILES string of the molecule is CN1CC(NCc2cc(F)ccc2[N+](=O)[O-])CCC1=O. The number of carbonyl (C=O) groups excluding carboxylic acids is 1. The van der Waals surface area contributed by atoms with E-state index in [1.165, 1.54) is 12.1 Å². The topological polar surface area (TPSA) is 75.5 Å². The predicted molar refractivity (Wildman–Crippen MR) is 70.6 cm³/mol. The van der Waals surface area contributed by atoms with Crippen LogP contribution in [0.3, 0.4) is 0 Å². The standard InChI is InChI=1S/C13H16FN3O3/c1-16-8-11(3-5-13(16)18)15-7-9-6-10(14)2-4-12(9)17(19)20/h2,4,6,11,15H,3,5,7-8H2,1H3. The molecule has 1 aliphatic rings. The number of benzene rings is 1. The number of piperidine rings is 1. The van der Waals surface area contributed by atoms with Crippen LogP contribution in [-0.4, -0.2) is 35.4 Å². The molecule has 7 heteroatoms. The Morgan fingerprint density at radius 3 is 2.95 bits per heavy atom. The first kappa shape index (κ1) is 14.4. The normalized spacial score (nSPS) is 19.2. The van der Waals surface area contributed by atoms with E-state index in [0.717, 1.165) is 6.07 Å². The van der Waals surface area contributed by atoms with Crippen LogP contribution in [0, 0.1) is 15.9 Å². The van der Waals surface area contributed by atoms with Crippen LogP contribution < -0.4 is 5.32 Å². The smallest absolute Gasteiger partial charge is 0.274 e. The van der Waals surface area contributed by atoms with Gasteiger partial charge < -0.3 is 10.2 Å². The Bertz CT molecular complexity index is 536. The summed E-state index contributed by atoms with van der Waals surface area (Å²) in [6.07, 6.45) is 1.14. The lowest BCUT2D eigenvalue weighted by atomic mass is 10.0. The Labute approximate surface area is 115 Å². The summed E-state index contributed by atoms with van der Waals surface area (Å²) in [4.78, 5) is 23.3. The van der Waals surface area contributed by atoms with Gasteiger partial charge in [0.15, 0.2) is 0 Å². The highest BCUT2D eigenvalue weighted by Crippen LogP contribution is 2.20. The molecule has 6 nitrogen and oxygen atoms in total. The number of likely N-dealkylation sites (tertiary alicyclic amines) is 1. The van der Waals surface area contributed by atoms with Crippen LogP contribution >= 0.6 is 0 Å². The molecular weight excluding hydrogens is 265 g/mol. The first-order valence-corrected chi connectivity index (χ1v) is 6.37. The Hall–Kier alpha value is -2.02. The molecule has 0 saturated carbocycles. The van der Waals surface area contributed by atoms with Crippen molar-refractivity contribution in [2.45, 2.75) is 25.4 Å². The van der Waals surface area contributed by atoms with Gasteiger partial charge in [-0.3, -0.25) is 14.9 Å². The maximum atomic E-state index is 13.2. The maximum absolute atomic E-state index is 13.2. The van der Waals surface area contributed by atoms with Gasteiger partial charge in [0.1, 0.15) is 5.82 Å². The van der Waals surface area contributed by atoms with Gasteiger partial charge in [-0.05, 0) is 18.6 Å². The lowest BCUT2D eigenvalue weighted by molar-refractivity contribution is -0.385. The molecule has 1 heterocycles. The molecule has 1 unspecified atom stereocenters. The van der Waals surface area contributed by atoms with Gasteiger partial charge >= 0.3 is 0 Å². The highest BCUT2D eigenvalue weighted by molar-refractivity contribution is 5.76. The number of carbonyl (C=O) groups is 1. The fourth-order valence-corrected chi connectivity index (χ4v) is 2.31. The fraction of sp³-hybridized carbons (Fsp3) is 0.462. The van der Waals surface area contributed by atoms with Crippen molar-refractivity contribution < 1.29 is 14.1 Å². The summed E-state index contributed by atoms with van der Waals surface area (Å²) in [5.41, 5.74) is 0.216. The quantitative estimate of drug-likeness (QED) is 0.669. The Kier molecular flexibility index (Phi) is 4.29. The Morgan fingerprint density at radius 2 is 2.30 bits per heavy atom. The van der Waals surface area contributed by atoms with E-state index in [2.05, 4.69) is 5.32 Å². The molecule has 20 heavy (non-hydrogen) atoms. The zero-order valence-electron chi connectivity index (χ0n) is 11.1. The minimum Gasteiger partial charge on any atom is -0.344 e. The highest BCUT2D eigenvalue weighted by Gasteiger charge is 2.23. The summed E-state index contributed by atoms with van der Waals surface area (Å²) in [7, 11) is 1.72. The van der Waals surface area contributed by atoms with E-state index in [-0.39, 0.29) is 24.2 Å². The van der Waals surface area contributed by atoms with Gasteiger partial charge in [0.25, 0.3) is 5.69 Å². The summed E-state index contributed by atoms with van der Waals surface area (Å²) in [5.74, 6) is -0.400. The van der Waals surface area contributed by atoms with E-state index in [9.17, 15) is 19.3 Å². The Balaban J connectivity index is 2.02. The van der Waals surface area contributed by atoms with E-state index in [1.807, 2.05) is 0 Å². The summed E-state index contributed by atoms with van der Waals surface area (Å²) in [6, 6.07) is 3.49. The number of halogens is 1. The number of hydrogen-bond donors (Lipinski definition) is 1. The number of nitro groups is 1. The monoisotopic (exact) mass is 281 g/mol. The molecule has 1 aromatic rings. The van der Waals surface area contributed by atoms with E-state index in [0.29, 0.717) is 24.9 Å². The van der Waals surface area contributed by atoms with Crippen LogP contribution in [0.25, 0.3) is 0 Å². The average molecular weight is 281 g/mol. The van der Waals surface area contributed by atoms with Crippen LogP contribution in [-0.2, 0) is 11.3 Å². The third kappa shape index (κ3) is 3.30. The predicted octanol–water partition coefficient (Wildman–Crippen LogP) is 1.44. The second-order valence-electron chi connectivity index (χ2n) is 4.92. The van der Waals surface area contributed by atoms with Crippen molar-refractivity contribution >= 4 is 11.6 Å². The van der Waals surface area contributed by atoms with Gasteiger partial charge in [-0.1, -0.05) is 0 Å². The molecule has 0 aliphatic carbocycles. The minimum absolute atomic E-state index is 0.0700. The molecule has 0 bridgehead atoms. The fourth-order valence-electron chi connectivity index (χ4n) is 2.31. The molecule has 0 radical (unpaired) electrons. The molecule has 108 valence electrons. The van der Waals surface area contributed by atoms with E-state index in [1.54, 1.807) is 11.9 Å². The summed E-state index contributed by atoms with van der Waals surface area (Å²) < 4.78 is 13.2. The lowest BCUT2D eigenvalue weighted by Gasteiger charge is -2.30.